The van der Waals surface area contributed by atoms with Gasteiger partial charge < -0.3 is 9.84 Å². The molecule has 2 heterocycles. The number of benzene rings is 2. The van der Waals surface area contributed by atoms with E-state index in [1.807, 2.05) is 19.9 Å². The van der Waals surface area contributed by atoms with Crippen molar-refractivity contribution in [3.8, 4) is 27.7 Å². The Morgan fingerprint density at radius 2 is 2.00 bits per heavy atom. The Morgan fingerprint density at radius 1 is 1.23 bits per heavy atom. The number of carbonyl (C=O) groups is 1. The quantitative estimate of drug-likeness (QED) is 0.382. The van der Waals surface area contributed by atoms with E-state index in [4.69, 9.17) is 19.2 Å². The van der Waals surface area contributed by atoms with Gasteiger partial charge in [0.2, 0.25) is 0 Å². The minimum Gasteiger partial charge on any atom is -0.491 e. The summed E-state index contributed by atoms with van der Waals surface area (Å²) in [6.07, 6.45) is 3.24. The number of aliphatic carboxylic acids is 1. The van der Waals surface area contributed by atoms with Gasteiger partial charge in [0.1, 0.15) is 10.8 Å². The van der Waals surface area contributed by atoms with E-state index in [2.05, 4.69) is 49.1 Å². The van der Waals surface area contributed by atoms with E-state index in [-0.39, 0.29) is 12.5 Å². The number of piperidine rings is 1. The van der Waals surface area contributed by atoms with Crippen molar-refractivity contribution < 1.29 is 14.6 Å². The van der Waals surface area contributed by atoms with Crippen molar-refractivity contribution >= 4 is 17.5 Å². The molecule has 1 saturated heterocycles. The largest absolute Gasteiger partial charge is 0.491 e. The molecule has 0 saturated carbocycles. The van der Waals surface area contributed by atoms with Crippen LogP contribution in [-0.2, 0) is 17.8 Å². The number of ether oxygens (including phenoxy) is 1. The van der Waals surface area contributed by atoms with Crippen molar-refractivity contribution in [3.05, 3.63) is 53.1 Å². The van der Waals surface area contributed by atoms with Gasteiger partial charge in [-0.3, -0.25) is 9.69 Å². The molecule has 0 atom stereocenters. The summed E-state index contributed by atoms with van der Waals surface area (Å²) < 4.78 is 10.6. The molecule has 0 amide bonds. The molecule has 3 aromatic rings. The SMILES string of the molecule is CCc1c(CN2CCC(CC(=O)O)CC2)cccc1-c1nsc(-c2ccc(OC(C)C)c(C)c2)n1. The molecule has 1 N–H and O–H groups in total. The third-order valence-electron chi connectivity index (χ3n) is 6.64. The van der Waals surface area contributed by atoms with Crippen LogP contribution in [0.3, 0.4) is 0 Å². The van der Waals surface area contributed by atoms with Crippen molar-refractivity contribution in [1.29, 1.82) is 0 Å². The molecule has 1 aliphatic rings. The molecule has 2 aromatic carbocycles. The first-order chi connectivity index (χ1) is 16.8. The predicted octanol–water partition coefficient (Wildman–Crippen LogP) is 6.22. The van der Waals surface area contributed by atoms with Crippen LogP contribution in [0.1, 0.15) is 56.7 Å². The minimum atomic E-state index is -0.686. The van der Waals surface area contributed by atoms with Crippen LogP contribution in [0.25, 0.3) is 22.0 Å². The van der Waals surface area contributed by atoms with Crippen molar-refractivity contribution in [1.82, 2.24) is 14.3 Å². The summed E-state index contributed by atoms with van der Waals surface area (Å²) in [5.41, 5.74) is 5.85. The van der Waals surface area contributed by atoms with Crippen LogP contribution < -0.4 is 4.74 Å². The maximum Gasteiger partial charge on any atom is 0.303 e. The molecule has 0 radical (unpaired) electrons. The standard InChI is InChI=1S/C28H35N3O3S/c1-5-23-22(17-31-13-11-20(12-14-31)16-26(32)33)7-6-8-24(23)27-29-28(35-30-27)21-9-10-25(19(4)15-21)34-18(2)3/h6-10,15,18,20H,5,11-14,16-17H2,1-4H3,(H,32,33). The molecule has 186 valence electrons. The smallest absolute Gasteiger partial charge is 0.303 e. The molecule has 6 nitrogen and oxygen atoms in total. The highest BCUT2D eigenvalue weighted by Gasteiger charge is 2.22. The van der Waals surface area contributed by atoms with E-state index in [9.17, 15) is 4.79 Å². The number of hydrogen-bond donors (Lipinski definition) is 1. The van der Waals surface area contributed by atoms with E-state index < -0.39 is 5.97 Å². The zero-order chi connectivity index (χ0) is 24.9. The summed E-state index contributed by atoms with van der Waals surface area (Å²) in [5.74, 6) is 1.30. The monoisotopic (exact) mass is 493 g/mol. The second-order valence-electron chi connectivity index (χ2n) is 9.68. The molecule has 0 bridgehead atoms. The molecule has 1 aliphatic heterocycles. The molecular weight excluding hydrogens is 458 g/mol. The fourth-order valence-electron chi connectivity index (χ4n) is 4.87. The molecule has 7 heteroatoms. The number of aryl methyl sites for hydroxylation is 1. The number of carboxylic acids is 1. The summed E-state index contributed by atoms with van der Waals surface area (Å²) in [4.78, 5) is 18.4. The second kappa shape index (κ2) is 11.3. The number of likely N-dealkylation sites (tertiary alicyclic amines) is 1. The Bertz CT molecular complexity index is 1170. The van der Waals surface area contributed by atoms with Crippen LogP contribution in [0.2, 0.25) is 0 Å². The lowest BCUT2D eigenvalue weighted by Gasteiger charge is -2.32. The van der Waals surface area contributed by atoms with Gasteiger partial charge in [-0.25, -0.2) is 4.98 Å². The first-order valence-corrected chi connectivity index (χ1v) is 13.3. The molecule has 0 aliphatic carbocycles. The van der Waals surface area contributed by atoms with Gasteiger partial charge in [0, 0.05) is 24.1 Å². The van der Waals surface area contributed by atoms with E-state index in [0.717, 1.165) is 72.2 Å². The van der Waals surface area contributed by atoms with Crippen molar-refractivity contribution in [2.75, 3.05) is 13.1 Å². The average molecular weight is 494 g/mol. The Labute approximate surface area is 212 Å². The van der Waals surface area contributed by atoms with Gasteiger partial charge >= 0.3 is 5.97 Å². The third-order valence-corrected chi connectivity index (χ3v) is 7.41. The van der Waals surface area contributed by atoms with E-state index in [0.29, 0.717) is 5.92 Å². The van der Waals surface area contributed by atoms with E-state index >= 15 is 0 Å². The average Bonchev–Trinajstić information content (AvgIpc) is 3.31. The summed E-state index contributed by atoms with van der Waals surface area (Å²) >= 11 is 1.43. The predicted molar refractivity (Wildman–Crippen MR) is 141 cm³/mol. The maximum absolute atomic E-state index is 11.0. The lowest BCUT2D eigenvalue weighted by molar-refractivity contribution is -0.138. The molecule has 0 spiro atoms. The molecule has 1 aromatic heterocycles. The summed E-state index contributed by atoms with van der Waals surface area (Å²) in [5, 5.41) is 9.98. The normalized spacial score (nSPS) is 15.0. The van der Waals surface area contributed by atoms with Gasteiger partial charge in [-0.2, -0.15) is 4.37 Å². The van der Waals surface area contributed by atoms with Gasteiger partial charge in [-0.05, 0) is 105 Å². The minimum absolute atomic E-state index is 0.142. The van der Waals surface area contributed by atoms with Gasteiger partial charge in [-0.15, -0.1) is 0 Å². The number of rotatable bonds is 9. The fraction of sp³-hybridized carbons (Fsp3) is 0.464. The zero-order valence-corrected chi connectivity index (χ0v) is 21.9. The highest BCUT2D eigenvalue weighted by molar-refractivity contribution is 7.09. The Morgan fingerprint density at radius 3 is 2.66 bits per heavy atom. The molecule has 1 fully saturated rings. The van der Waals surface area contributed by atoms with Gasteiger partial charge in [0.25, 0.3) is 0 Å². The van der Waals surface area contributed by atoms with Crippen molar-refractivity contribution in [2.24, 2.45) is 5.92 Å². The molecule has 35 heavy (non-hydrogen) atoms. The van der Waals surface area contributed by atoms with Gasteiger partial charge in [0.05, 0.1) is 6.10 Å². The Hall–Kier alpha value is -2.77. The summed E-state index contributed by atoms with van der Waals surface area (Å²) in [6, 6.07) is 12.6. The zero-order valence-electron chi connectivity index (χ0n) is 21.1. The van der Waals surface area contributed by atoms with Crippen LogP contribution in [0, 0.1) is 12.8 Å². The van der Waals surface area contributed by atoms with Crippen LogP contribution in [0.5, 0.6) is 5.75 Å². The number of carboxylic acid groups (broad SMARTS) is 1. The first-order valence-electron chi connectivity index (χ1n) is 12.5. The Balaban J connectivity index is 1.51. The number of aromatic nitrogens is 2. The van der Waals surface area contributed by atoms with Crippen LogP contribution in [0.4, 0.5) is 0 Å². The third kappa shape index (κ3) is 6.27. The summed E-state index contributed by atoms with van der Waals surface area (Å²) in [7, 11) is 0. The van der Waals surface area contributed by atoms with Crippen molar-refractivity contribution in [3.63, 3.8) is 0 Å². The lowest BCUT2D eigenvalue weighted by atomic mass is 9.92. The van der Waals surface area contributed by atoms with Gasteiger partial charge in [-0.1, -0.05) is 25.1 Å². The molecular formula is C28H35N3O3S. The lowest BCUT2D eigenvalue weighted by Crippen LogP contribution is -2.34. The van der Waals surface area contributed by atoms with Crippen LogP contribution in [-0.4, -0.2) is 44.5 Å². The molecule has 0 unspecified atom stereocenters. The maximum atomic E-state index is 11.0. The second-order valence-corrected chi connectivity index (χ2v) is 10.4. The van der Waals surface area contributed by atoms with E-state index in [1.54, 1.807) is 0 Å². The number of hydrogen-bond acceptors (Lipinski definition) is 6. The van der Waals surface area contributed by atoms with Gasteiger partial charge in [0.15, 0.2) is 5.82 Å². The van der Waals surface area contributed by atoms with Crippen LogP contribution >= 0.6 is 11.5 Å². The van der Waals surface area contributed by atoms with Crippen molar-refractivity contribution in [2.45, 2.75) is 66.0 Å². The van der Waals surface area contributed by atoms with Crippen LogP contribution in [0.15, 0.2) is 36.4 Å². The van der Waals surface area contributed by atoms with E-state index in [1.165, 1.54) is 22.7 Å². The number of nitrogens with zero attached hydrogens (tertiary/aromatic N) is 3. The highest BCUT2D eigenvalue weighted by atomic mass is 32.1. The Kier molecular flexibility index (Phi) is 8.19. The topological polar surface area (TPSA) is 75.6 Å². The fourth-order valence-corrected chi connectivity index (χ4v) is 5.54. The molecule has 4 rings (SSSR count). The highest BCUT2D eigenvalue weighted by Crippen LogP contribution is 2.33. The first kappa shape index (κ1) is 25.3. The summed E-state index contributed by atoms with van der Waals surface area (Å²) in [6.45, 7) is 11.1.